The van der Waals surface area contributed by atoms with Crippen molar-refractivity contribution in [2.24, 2.45) is 5.92 Å². The maximum atomic E-state index is 13.8. The van der Waals surface area contributed by atoms with E-state index in [0.29, 0.717) is 6.07 Å². The van der Waals surface area contributed by atoms with Gasteiger partial charge in [-0.3, -0.25) is 4.79 Å². The van der Waals surface area contributed by atoms with Crippen molar-refractivity contribution in [1.82, 2.24) is 10.6 Å². The fraction of sp³-hybridized carbons (Fsp3) is 0.318. The van der Waals surface area contributed by atoms with E-state index in [1.54, 1.807) is 38.1 Å². The van der Waals surface area contributed by atoms with Crippen LogP contribution in [-0.2, 0) is 20.7 Å². The third-order valence-corrected chi connectivity index (χ3v) is 4.50. The number of esters is 1. The second-order valence-electron chi connectivity index (χ2n) is 7.22. The van der Waals surface area contributed by atoms with Crippen molar-refractivity contribution < 1.29 is 27.9 Å². The third kappa shape index (κ3) is 7.06. The topological polar surface area (TPSA) is 96.5 Å². The summed E-state index contributed by atoms with van der Waals surface area (Å²) in [7, 11) is 1.22. The molecule has 3 amide bonds. The summed E-state index contributed by atoms with van der Waals surface area (Å²) in [5.74, 6) is -3.21. The minimum absolute atomic E-state index is 0.123. The Morgan fingerprint density at radius 2 is 1.68 bits per heavy atom. The maximum Gasteiger partial charge on any atom is 0.328 e. The number of hydrogen-bond acceptors (Lipinski definition) is 4. The van der Waals surface area contributed by atoms with E-state index < -0.39 is 41.6 Å². The summed E-state index contributed by atoms with van der Waals surface area (Å²) in [5, 5.41) is 7.33. The molecule has 0 saturated carbocycles. The van der Waals surface area contributed by atoms with Crippen LogP contribution >= 0.6 is 0 Å². The lowest BCUT2D eigenvalue weighted by atomic mass is 10.0. The van der Waals surface area contributed by atoms with Crippen molar-refractivity contribution in [1.29, 1.82) is 0 Å². The largest absolute Gasteiger partial charge is 0.467 e. The van der Waals surface area contributed by atoms with Gasteiger partial charge in [-0.25, -0.2) is 18.4 Å². The molecular weight excluding hydrogens is 408 g/mol. The van der Waals surface area contributed by atoms with Gasteiger partial charge in [-0.05, 0) is 23.6 Å². The fourth-order valence-electron chi connectivity index (χ4n) is 2.85. The van der Waals surface area contributed by atoms with Crippen molar-refractivity contribution in [3.8, 4) is 0 Å². The maximum absolute atomic E-state index is 13.8. The number of amides is 3. The lowest BCUT2D eigenvalue weighted by Crippen LogP contribution is -2.54. The average molecular weight is 433 g/mol. The van der Waals surface area contributed by atoms with Crippen LogP contribution in [0.1, 0.15) is 19.4 Å². The fourth-order valence-corrected chi connectivity index (χ4v) is 2.85. The van der Waals surface area contributed by atoms with Crippen LogP contribution in [0.3, 0.4) is 0 Å². The number of carbonyl (C=O) groups is 3. The number of benzene rings is 2. The summed E-state index contributed by atoms with van der Waals surface area (Å²) in [4.78, 5) is 37.3. The lowest BCUT2D eigenvalue weighted by Gasteiger charge is -2.24. The molecule has 7 nitrogen and oxygen atoms in total. The predicted octanol–water partition coefficient (Wildman–Crippen LogP) is 3.01. The first-order valence-corrected chi connectivity index (χ1v) is 9.66. The van der Waals surface area contributed by atoms with Crippen molar-refractivity contribution in [2.75, 3.05) is 12.4 Å². The number of anilines is 1. The molecule has 0 bridgehead atoms. The second kappa shape index (κ2) is 11.1. The van der Waals surface area contributed by atoms with E-state index >= 15 is 0 Å². The van der Waals surface area contributed by atoms with Crippen LogP contribution in [0.25, 0.3) is 0 Å². The third-order valence-electron chi connectivity index (χ3n) is 4.50. The summed E-state index contributed by atoms with van der Waals surface area (Å²) in [6, 6.07) is 8.79. The highest BCUT2D eigenvalue weighted by atomic mass is 19.1. The van der Waals surface area contributed by atoms with Crippen LogP contribution < -0.4 is 16.0 Å². The van der Waals surface area contributed by atoms with E-state index in [4.69, 9.17) is 4.74 Å². The van der Waals surface area contributed by atoms with Crippen LogP contribution in [0, 0.1) is 17.6 Å². The number of rotatable bonds is 8. The highest BCUT2D eigenvalue weighted by Gasteiger charge is 2.29. The molecule has 0 aliphatic rings. The van der Waals surface area contributed by atoms with Crippen LogP contribution in [0.4, 0.5) is 19.3 Å². The number of halogens is 2. The Morgan fingerprint density at radius 3 is 2.26 bits per heavy atom. The molecule has 166 valence electrons. The van der Waals surface area contributed by atoms with E-state index in [9.17, 15) is 23.2 Å². The molecule has 0 radical (unpaired) electrons. The SMILES string of the molecule is COC(=O)C(NC(=O)C(Cc1ccccc1)NC(=O)Nc1ccc(F)cc1F)C(C)C. The summed E-state index contributed by atoms with van der Waals surface area (Å²) >= 11 is 0. The molecule has 0 fully saturated rings. The molecule has 0 saturated heterocycles. The number of ether oxygens (including phenoxy) is 1. The van der Waals surface area contributed by atoms with Crippen LogP contribution in [0.5, 0.6) is 0 Å². The van der Waals surface area contributed by atoms with Gasteiger partial charge in [0.2, 0.25) is 5.91 Å². The first-order chi connectivity index (χ1) is 14.7. The Morgan fingerprint density at radius 1 is 1.00 bits per heavy atom. The molecule has 3 N–H and O–H groups in total. The van der Waals surface area contributed by atoms with E-state index in [0.717, 1.165) is 17.7 Å². The van der Waals surface area contributed by atoms with Gasteiger partial charge in [0.25, 0.3) is 0 Å². The number of nitrogens with one attached hydrogen (secondary N) is 3. The molecule has 2 unspecified atom stereocenters. The molecule has 0 aliphatic carbocycles. The van der Waals surface area contributed by atoms with Crippen molar-refractivity contribution >= 4 is 23.6 Å². The van der Waals surface area contributed by atoms with E-state index in [-0.39, 0.29) is 18.0 Å². The van der Waals surface area contributed by atoms with E-state index in [1.807, 2.05) is 6.07 Å². The van der Waals surface area contributed by atoms with Crippen LogP contribution in [0.2, 0.25) is 0 Å². The Bertz CT molecular complexity index is 922. The Kier molecular flexibility index (Phi) is 8.48. The van der Waals surface area contributed by atoms with E-state index in [1.165, 1.54) is 7.11 Å². The zero-order chi connectivity index (χ0) is 23.0. The second-order valence-corrected chi connectivity index (χ2v) is 7.22. The molecule has 2 rings (SSSR count). The van der Waals surface area contributed by atoms with Gasteiger partial charge in [-0.1, -0.05) is 44.2 Å². The minimum Gasteiger partial charge on any atom is -0.467 e. The molecule has 31 heavy (non-hydrogen) atoms. The molecule has 0 heterocycles. The number of urea groups is 1. The number of methoxy groups -OCH3 is 1. The van der Waals surface area contributed by atoms with Crippen molar-refractivity contribution in [3.63, 3.8) is 0 Å². The molecule has 2 atom stereocenters. The van der Waals surface area contributed by atoms with Gasteiger partial charge in [-0.2, -0.15) is 0 Å². The number of hydrogen-bond donors (Lipinski definition) is 3. The highest BCUT2D eigenvalue weighted by molar-refractivity contribution is 5.95. The quantitative estimate of drug-likeness (QED) is 0.558. The Balaban J connectivity index is 2.18. The normalized spacial score (nSPS) is 12.6. The van der Waals surface area contributed by atoms with Gasteiger partial charge < -0.3 is 20.7 Å². The molecule has 0 aromatic heterocycles. The standard InChI is InChI=1S/C22H25F2N3O4/c1-13(2)19(21(29)31-3)27-20(28)18(11-14-7-5-4-6-8-14)26-22(30)25-17-10-9-15(23)12-16(17)24/h4-10,12-13,18-19H,11H2,1-3H3,(H,27,28)(H2,25,26,30). The van der Waals surface area contributed by atoms with Gasteiger partial charge in [0, 0.05) is 12.5 Å². The van der Waals surface area contributed by atoms with E-state index in [2.05, 4.69) is 16.0 Å². The average Bonchev–Trinajstić information content (AvgIpc) is 2.73. The smallest absolute Gasteiger partial charge is 0.328 e. The summed E-state index contributed by atoms with van der Waals surface area (Å²) in [6.45, 7) is 3.48. The van der Waals surface area contributed by atoms with Crippen LogP contribution in [0.15, 0.2) is 48.5 Å². The Hall–Kier alpha value is -3.49. The van der Waals surface area contributed by atoms with Gasteiger partial charge in [-0.15, -0.1) is 0 Å². The summed E-state index contributed by atoms with van der Waals surface area (Å²) < 4.78 is 31.6. The zero-order valence-corrected chi connectivity index (χ0v) is 17.4. The molecule has 0 spiro atoms. The highest BCUT2D eigenvalue weighted by Crippen LogP contribution is 2.15. The molecule has 2 aromatic carbocycles. The predicted molar refractivity (Wildman–Crippen MR) is 111 cm³/mol. The van der Waals surface area contributed by atoms with Gasteiger partial charge in [0.15, 0.2) is 0 Å². The van der Waals surface area contributed by atoms with Crippen molar-refractivity contribution in [2.45, 2.75) is 32.4 Å². The van der Waals surface area contributed by atoms with Gasteiger partial charge in [0.1, 0.15) is 23.7 Å². The van der Waals surface area contributed by atoms with Gasteiger partial charge in [0.05, 0.1) is 12.8 Å². The zero-order valence-electron chi connectivity index (χ0n) is 17.4. The Labute approximate surface area is 179 Å². The summed E-state index contributed by atoms with van der Waals surface area (Å²) in [5.41, 5.74) is 0.516. The minimum atomic E-state index is -1.07. The number of carbonyl (C=O) groups excluding carboxylic acids is 3. The van der Waals surface area contributed by atoms with Crippen molar-refractivity contribution in [3.05, 3.63) is 65.7 Å². The molecular formula is C22H25F2N3O4. The monoisotopic (exact) mass is 433 g/mol. The molecule has 2 aromatic rings. The first kappa shape index (κ1) is 23.8. The first-order valence-electron chi connectivity index (χ1n) is 9.66. The summed E-state index contributed by atoms with van der Waals surface area (Å²) in [6.07, 6.45) is 0.123. The lowest BCUT2D eigenvalue weighted by molar-refractivity contribution is -0.146. The van der Waals surface area contributed by atoms with Crippen LogP contribution in [-0.4, -0.2) is 37.1 Å². The van der Waals surface area contributed by atoms with Gasteiger partial charge >= 0.3 is 12.0 Å². The molecule has 9 heteroatoms. The molecule has 0 aliphatic heterocycles.